The van der Waals surface area contributed by atoms with Crippen LogP contribution in [0.2, 0.25) is 0 Å². The highest BCUT2D eigenvalue weighted by Gasteiger charge is 2.15. The predicted octanol–water partition coefficient (Wildman–Crippen LogP) is 1.17. The van der Waals surface area contributed by atoms with E-state index in [9.17, 15) is 4.79 Å². The van der Waals surface area contributed by atoms with E-state index in [0.717, 1.165) is 35.7 Å². The minimum absolute atomic E-state index is 0.0853. The quantitative estimate of drug-likeness (QED) is 0.466. The summed E-state index contributed by atoms with van der Waals surface area (Å²) in [5.41, 5.74) is 7.39. The molecule has 0 saturated carbocycles. The molecule has 162 valence electrons. The maximum absolute atomic E-state index is 11.6. The molecule has 10 heteroatoms. The topological polar surface area (TPSA) is 120 Å². The van der Waals surface area contributed by atoms with Gasteiger partial charge in [-0.05, 0) is 37.6 Å². The summed E-state index contributed by atoms with van der Waals surface area (Å²) in [6.45, 7) is 4.35. The summed E-state index contributed by atoms with van der Waals surface area (Å²) in [5, 5.41) is 3.41. The molecular formula is C21H25N7O3. The lowest BCUT2D eigenvalue weighted by Crippen LogP contribution is -2.36. The number of anilines is 1. The van der Waals surface area contributed by atoms with Crippen LogP contribution in [0.4, 0.5) is 5.82 Å². The smallest absolute Gasteiger partial charge is 0.237 e. The van der Waals surface area contributed by atoms with Crippen molar-refractivity contribution in [3.8, 4) is 17.4 Å². The van der Waals surface area contributed by atoms with Gasteiger partial charge in [-0.25, -0.2) is 9.97 Å². The second-order valence-corrected chi connectivity index (χ2v) is 7.24. The Morgan fingerprint density at radius 3 is 2.94 bits per heavy atom. The fraction of sp³-hybridized carbons (Fsp3) is 0.333. The third-order valence-corrected chi connectivity index (χ3v) is 4.78. The number of aryl methyl sites for hydroxylation is 1. The average Bonchev–Trinajstić information content (AvgIpc) is 3.43. The zero-order valence-corrected chi connectivity index (χ0v) is 17.3. The average molecular weight is 423 g/mol. The minimum atomic E-state index is -0.409. The largest absolute Gasteiger partial charge is 0.454 e. The maximum Gasteiger partial charge on any atom is 0.237 e. The molecule has 4 rings (SSSR count). The number of imidazole rings is 1. The number of nitrogens with two attached hydrogens (primary N) is 1. The molecule has 0 radical (unpaired) electrons. The normalized spacial score (nSPS) is 12.2. The predicted molar refractivity (Wildman–Crippen MR) is 114 cm³/mol. The van der Waals surface area contributed by atoms with Gasteiger partial charge in [-0.3, -0.25) is 9.36 Å². The number of benzene rings is 1. The Kier molecular flexibility index (Phi) is 6.27. The van der Waals surface area contributed by atoms with Gasteiger partial charge in [0.1, 0.15) is 12.1 Å². The highest BCUT2D eigenvalue weighted by Crippen LogP contribution is 2.32. The van der Waals surface area contributed by atoms with Crippen LogP contribution in [0.25, 0.3) is 5.95 Å². The number of nitrogens with zero attached hydrogens (tertiary/aromatic N) is 5. The van der Waals surface area contributed by atoms with Gasteiger partial charge in [0.25, 0.3) is 0 Å². The molecule has 0 fully saturated rings. The molecule has 0 bridgehead atoms. The summed E-state index contributed by atoms with van der Waals surface area (Å²) in [6, 6.07) is 7.77. The Hall–Kier alpha value is -3.66. The number of hydrogen-bond acceptors (Lipinski definition) is 8. The van der Waals surface area contributed by atoms with Gasteiger partial charge in [0, 0.05) is 37.2 Å². The maximum atomic E-state index is 11.6. The Morgan fingerprint density at radius 2 is 2.13 bits per heavy atom. The first-order valence-electron chi connectivity index (χ1n) is 10.0. The molecule has 1 amide bonds. The van der Waals surface area contributed by atoms with E-state index in [1.165, 1.54) is 0 Å². The van der Waals surface area contributed by atoms with Gasteiger partial charge in [-0.15, -0.1) is 0 Å². The zero-order valence-electron chi connectivity index (χ0n) is 17.3. The van der Waals surface area contributed by atoms with Crippen LogP contribution in [0.3, 0.4) is 0 Å². The van der Waals surface area contributed by atoms with Crippen molar-refractivity contribution in [1.82, 2.24) is 24.8 Å². The van der Waals surface area contributed by atoms with E-state index in [4.69, 9.17) is 15.2 Å². The monoisotopic (exact) mass is 423 g/mol. The van der Waals surface area contributed by atoms with Gasteiger partial charge in [-0.2, -0.15) is 4.98 Å². The molecule has 0 unspecified atom stereocenters. The number of primary amides is 1. The van der Waals surface area contributed by atoms with E-state index < -0.39 is 5.91 Å². The number of amides is 1. The molecule has 0 spiro atoms. The van der Waals surface area contributed by atoms with Crippen LogP contribution in [0.5, 0.6) is 11.5 Å². The van der Waals surface area contributed by atoms with Gasteiger partial charge >= 0.3 is 0 Å². The SMILES string of the molecule is Cc1cc(N(CCCNCc2ccc3c(c2)OCO3)CC(N)=O)nc(-n2ccnc2)n1. The highest BCUT2D eigenvalue weighted by atomic mass is 16.7. The Bertz CT molecular complexity index is 1040. The van der Waals surface area contributed by atoms with E-state index in [0.29, 0.717) is 24.9 Å². The number of nitrogens with one attached hydrogen (secondary N) is 1. The van der Waals surface area contributed by atoms with Crippen molar-refractivity contribution in [2.75, 3.05) is 31.3 Å². The number of ether oxygens (including phenoxy) is 2. The van der Waals surface area contributed by atoms with Gasteiger partial charge in [0.15, 0.2) is 11.5 Å². The van der Waals surface area contributed by atoms with Gasteiger partial charge < -0.3 is 25.4 Å². The number of rotatable bonds is 10. The van der Waals surface area contributed by atoms with E-state index in [2.05, 4.69) is 20.3 Å². The van der Waals surface area contributed by atoms with Crippen LogP contribution in [-0.2, 0) is 11.3 Å². The Balaban J connectivity index is 1.35. The summed E-state index contributed by atoms with van der Waals surface area (Å²) in [5.74, 6) is 2.31. The van der Waals surface area contributed by atoms with Crippen molar-refractivity contribution < 1.29 is 14.3 Å². The first-order chi connectivity index (χ1) is 15.1. The molecule has 31 heavy (non-hydrogen) atoms. The van der Waals surface area contributed by atoms with Crippen LogP contribution >= 0.6 is 0 Å². The molecule has 3 N–H and O–H groups in total. The summed E-state index contributed by atoms with van der Waals surface area (Å²) in [4.78, 5) is 26.6. The lowest BCUT2D eigenvalue weighted by molar-refractivity contribution is -0.116. The number of carbonyl (C=O) groups is 1. The van der Waals surface area contributed by atoms with Crippen LogP contribution < -0.4 is 25.4 Å². The lowest BCUT2D eigenvalue weighted by Gasteiger charge is -2.23. The van der Waals surface area contributed by atoms with Crippen LogP contribution in [0, 0.1) is 6.92 Å². The summed E-state index contributed by atoms with van der Waals surface area (Å²) >= 11 is 0. The van der Waals surface area contributed by atoms with Crippen molar-refractivity contribution in [1.29, 1.82) is 0 Å². The molecule has 0 saturated heterocycles. The number of fused-ring (bicyclic) bond motifs is 1. The molecule has 1 aromatic carbocycles. The summed E-state index contributed by atoms with van der Waals surface area (Å²) < 4.78 is 12.5. The van der Waals surface area contributed by atoms with Crippen LogP contribution in [-0.4, -0.2) is 51.9 Å². The molecule has 0 aliphatic carbocycles. The Morgan fingerprint density at radius 1 is 1.26 bits per heavy atom. The third kappa shape index (κ3) is 5.28. The van der Waals surface area contributed by atoms with Crippen molar-refractivity contribution in [3.63, 3.8) is 0 Å². The second-order valence-electron chi connectivity index (χ2n) is 7.24. The van der Waals surface area contributed by atoms with Crippen molar-refractivity contribution in [3.05, 3.63) is 54.2 Å². The van der Waals surface area contributed by atoms with Crippen molar-refractivity contribution >= 4 is 11.7 Å². The van der Waals surface area contributed by atoms with Crippen molar-refractivity contribution in [2.45, 2.75) is 19.9 Å². The molecule has 2 aromatic heterocycles. The Labute approximate surface area is 180 Å². The molecule has 0 atom stereocenters. The summed E-state index contributed by atoms with van der Waals surface area (Å²) in [7, 11) is 0. The molecule has 1 aliphatic heterocycles. The minimum Gasteiger partial charge on any atom is -0.454 e. The number of hydrogen-bond donors (Lipinski definition) is 2. The number of aromatic nitrogens is 4. The molecule has 3 aromatic rings. The highest BCUT2D eigenvalue weighted by molar-refractivity contribution is 5.79. The first kappa shape index (κ1) is 20.6. The van der Waals surface area contributed by atoms with E-state index >= 15 is 0 Å². The van der Waals surface area contributed by atoms with Gasteiger partial charge in [0.2, 0.25) is 18.6 Å². The fourth-order valence-electron chi connectivity index (χ4n) is 3.33. The zero-order chi connectivity index (χ0) is 21.6. The van der Waals surface area contributed by atoms with Gasteiger partial charge in [0.05, 0.1) is 6.54 Å². The fourth-order valence-corrected chi connectivity index (χ4v) is 3.33. The van der Waals surface area contributed by atoms with Gasteiger partial charge in [-0.1, -0.05) is 6.07 Å². The lowest BCUT2D eigenvalue weighted by atomic mass is 10.2. The van der Waals surface area contributed by atoms with Crippen LogP contribution in [0.15, 0.2) is 43.0 Å². The number of carbonyl (C=O) groups excluding carboxylic acids is 1. The van der Waals surface area contributed by atoms with E-state index in [1.54, 1.807) is 23.3 Å². The molecular weight excluding hydrogens is 398 g/mol. The first-order valence-corrected chi connectivity index (χ1v) is 10.0. The molecule has 3 heterocycles. The van der Waals surface area contributed by atoms with Crippen LogP contribution in [0.1, 0.15) is 17.7 Å². The standard InChI is InChI=1S/C21H25N7O3/c1-15-9-20(26-21(25-15)28-8-6-24-13-28)27(12-19(22)29)7-2-5-23-11-16-3-4-17-18(10-16)31-14-30-17/h3-4,6,8-10,13,23H,2,5,7,11-12,14H2,1H3,(H2,22,29). The molecule has 1 aliphatic rings. The van der Waals surface area contributed by atoms with Crippen molar-refractivity contribution in [2.24, 2.45) is 5.73 Å². The second kappa shape index (κ2) is 9.43. The summed E-state index contributed by atoms with van der Waals surface area (Å²) in [6.07, 6.45) is 5.88. The molecule has 10 nitrogen and oxygen atoms in total. The van der Waals surface area contributed by atoms with E-state index in [1.807, 2.05) is 36.1 Å². The third-order valence-electron chi connectivity index (χ3n) is 4.78. The van der Waals surface area contributed by atoms with E-state index in [-0.39, 0.29) is 13.3 Å².